The molecule has 4 heterocycles. The number of fused-ring (bicyclic) bond motifs is 2. The van der Waals surface area contributed by atoms with E-state index < -0.39 is 0 Å². The van der Waals surface area contributed by atoms with Crippen molar-refractivity contribution in [2.75, 3.05) is 24.5 Å². The van der Waals surface area contributed by atoms with Crippen LogP contribution in [0.4, 0.5) is 5.82 Å². The van der Waals surface area contributed by atoms with Crippen LogP contribution in [0.25, 0.3) is 28.0 Å². The molecule has 0 saturated carbocycles. The van der Waals surface area contributed by atoms with Crippen molar-refractivity contribution in [3.8, 4) is 16.9 Å². The summed E-state index contributed by atoms with van der Waals surface area (Å²) in [5.74, 6) is 0.846. The van der Waals surface area contributed by atoms with Crippen LogP contribution in [0.5, 0.6) is 0 Å². The highest BCUT2D eigenvalue weighted by molar-refractivity contribution is 6.34. The zero-order valence-corrected chi connectivity index (χ0v) is 22.9. The average Bonchev–Trinajstić information content (AvgIpc) is 3.38. The van der Waals surface area contributed by atoms with Crippen molar-refractivity contribution >= 4 is 34.7 Å². The van der Waals surface area contributed by atoms with Crippen LogP contribution in [0.1, 0.15) is 48.9 Å². The zero-order valence-electron chi connectivity index (χ0n) is 22.1. The van der Waals surface area contributed by atoms with Crippen LogP contribution in [-0.4, -0.2) is 46.4 Å². The Morgan fingerprint density at radius 2 is 1.95 bits per heavy atom. The zero-order chi connectivity index (χ0) is 26.6. The smallest absolute Gasteiger partial charge is 0.351 e. The molecular formula is C30H31ClN6O. The van der Waals surface area contributed by atoms with Gasteiger partial charge in [-0.25, -0.2) is 14.3 Å². The van der Waals surface area contributed by atoms with E-state index in [4.69, 9.17) is 16.6 Å². The highest BCUT2D eigenvalue weighted by Crippen LogP contribution is 2.38. The molecule has 1 atom stereocenters. The quantitative estimate of drug-likeness (QED) is 0.392. The molecule has 2 aromatic heterocycles. The summed E-state index contributed by atoms with van der Waals surface area (Å²) >= 11 is 7.03. The molecule has 1 saturated heterocycles. The fourth-order valence-electron chi connectivity index (χ4n) is 5.66. The molecule has 7 nitrogen and oxygen atoms in total. The number of anilines is 1. The Morgan fingerprint density at radius 1 is 1.13 bits per heavy atom. The lowest BCUT2D eigenvalue weighted by Crippen LogP contribution is -2.50. The summed E-state index contributed by atoms with van der Waals surface area (Å²) in [4.78, 5) is 30.4. The lowest BCUT2D eigenvalue weighted by Gasteiger charge is -2.35. The number of aryl methyl sites for hydroxylation is 1. The summed E-state index contributed by atoms with van der Waals surface area (Å²) in [6.45, 7) is 11.5. The molecule has 0 amide bonds. The maximum atomic E-state index is 13.9. The van der Waals surface area contributed by atoms with Crippen LogP contribution >= 0.6 is 11.6 Å². The molecule has 0 spiro atoms. The molecular weight excluding hydrogens is 496 g/mol. The number of hydrogen-bond acceptors (Lipinski definition) is 6. The van der Waals surface area contributed by atoms with E-state index in [-0.39, 0.29) is 17.6 Å². The largest absolute Gasteiger partial charge is 0.355 e. The SMILES string of the molecule is Cc1ccc2c(c1-c1nc3c(cc1Cl)c(N1CCNC[C@@H]1C)nc(=O)n3-c1ccccc1C(C)C)C=NC2. The van der Waals surface area contributed by atoms with Gasteiger partial charge in [-0.3, -0.25) is 4.99 Å². The van der Waals surface area contributed by atoms with E-state index in [1.165, 1.54) is 0 Å². The molecule has 1 fully saturated rings. The van der Waals surface area contributed by atoms with Crippen molar-refractivity contribution in [1.82, 2.24) is 19.9 Å². The van der Waals surface area contributed by atoms with E-state index in [2.05, 4.69) is 66.1 Å². The van der Waals surface area contributed by atoms with Crippen molar-refractivity contribution in [1.29, 1.82) is 0 Å². The van der Waals surface area contributed by atoms with E-state index in [0.29, 0.717) is 28.7 Å². The van der Waals surface area contributed by atoms with Crippen molar-refractivity contribution < 1.29 is 0 Å². The van der Waals surface area contributed by atoms with Gasteiger partial charge in [0.25, 0.3) is 0 Å². The van der Waals surface area contributed by atoms with Crippen molar-refractivity contribution in [2.24, 2.45) is 4.99 Å². The van der Waals surface area contributed by atoms with Gasteiger partial charge in [0.05, 0.1) is 28.3 Å². The van der Waals surface area contributed by atoms with Crippen molar-refractivity contribution in [3.05, 3.63) is 80.2 Å². The van der Waals surface area contributed by atoms with Gasteiger partial charge in [-0.2, -0.15) is 4.98 Å². The molecule has 0 radical (unpaired) electrons. The summed E-state index contributed by atoms with van der Waals surface area (Å²) in [6.07, 6.45) is 1.90. The van der Waals surface area contributed by atoms with Gasteiger partial charge in [-0.05, 0) is 48.6 Å². The second-order valence-corrected chi connectivity index (χ2v) is 10.9. The maximum absolute atomic E-state index is 13.9. The topological polar surface area (TPSA) is 75.4 Å². The maximum Gasteiger partial charge on any atom is 0.355 e. The average molecular weight is 527 g/mol. The molecule has 6 rings (SSSR count). The number of aromatic nitrogens is 3. The van der Waals surface area contributed by atoms with Crippen molar-refractivity contribution in [2.45, 2.75) is 46.2 Å². The Morgan fingerprint density at radius 3 is 2.74 bits per heavy atom. The first-order valence-corrected chi connectivity index (χ1v) is 13.6. The van der Waals surface area contributed by atoms with Gasteiger partial charge in [0.15, 0.2) is 5.65 Å². The van der Waals surface area contributed by atoms with Gasteiger partial charge >= 0.3 is 5.69 Å². The molecule has 8 heteroatoms. The molecule has 0 unspecified atom stereocenters. The van der Waals surface area contributed by atoms with Crippen LogP contribution in [0.3, 0.4) is 0 Å². The van der Waals surface area contributed by atoms with Crippen LogP contribution in [-0.2, 0) is 6.54 Å². The van der Waals surface area contributed by atoms with E-state index in [1.54, 1.807) is 4.57 Å². The van der Waals surface area contributed by atoms with E-state index in [9.17, 15) is 4.79 Å². The summed E-state index contributed by atoms with van der Waals surface area (Å²) in [5, 5.41) is 4.72. The lowest BCUT2D eigenvalue weighted by molar-refractivity contribution is 0.497. The number of nitrogens with one attached hydrogen (secondary N) is 1. The van der Waals surface area contributed by atoms with Gasteiger partial charge in [0.1, 0.15) is 5.82 Å². The molecule has 4 aromatic rings. The Balaban J connectivity index is 1.71. The van der Waals surface area contributed by atoms with Crippen LogP contribution < -0.4 is 15.9 Å². The van der Waals surface area contributed by atoms with Crippen LogP contribution in [0, 0.1) is 6.92 Å². The molecule has 2 aliphatic rings. The van der Waals surface area contributed by atoms with E-state index >= 15 is 0 Å². The van der Waals surface area contributed by atoms with Gasteiger partial charge in [-0.15, -0.1) is 0 Å². The summed E-state index contributed by atoms with van der Waals surface area (Å²) < 4.78 is 1.66. The van der Waals surface area contributed by atoms with Crippen LogP contribution in [0.15, 0.2) is 52.3 Å². The lowest BCUT2D eigenvalue weighted by atomic mass is 9.95. The Kier molecular flexibility index (Phi) is 6.28. The molecule has 2 aliphatic heterocycles. The first-order chi connectivity index (χ1) is 18.3. The monoisotopic (exact) mass is 526 g/mol. The summed E-state index contributed by atoms with van der Waals surface area (Å²) in [6, 6.07) is 14.3. The molecule has 1 N–H and O–H groups in total. The highest BCUT2D eigenvalue weighted by Gasteiger charge is 2.27. The van der Waals surface area contributed by atoms with Crippen LogP contribution in [0.2, 0.25) is 5.02 Å². The second kappa shape index (κ2) is 9.64. The Labute approximate surface area is 227 Å². The molecule has 0 aliphatic carbocycles. The van der Waals surface area contributed by atoms with Crippen molar-refractivity contribution in [3.63, 3.8) is 0 Å². The highest BCUT2D eigenvalue weighted by atomic mass is 35.5. The number of piperazine rings is 1. The van der Waals surface area contributed by atoms with Gasteiger partial charge in [-0.1, -0.05) is 55.8 Å². The Bertz CT molecular complexity index is 1660. The number of aliphatic imine (C=N–C) groups is 1. The third-order valence-electron chi connectivity index (χ3n) is 7.64. The van der Waals surface area contributed by atoms with Gasteiger partial charge < -0.3 is 10.2 Å². The minimum atomic E-state index is -0.344. The fraction of sp³-hybridized carbons (Fsp3) is 0.333. The third-order valence-corrected chi connectivity index (χ3v) is 7.93. The minimum Gasteiger partial charge on any atom is -0.351 e. The standard InChI is InChI=1S/C30H31ClN6O/c1-17(2)21-7-5-6-8-25(21)37-29-22(28(35-30(37)38)36-12-11-32-14-19(36)4)13-24(31)27(34-29)26-18(3)9-10-20-15-33-16-23(20)26/h5-10,13,16-17,19,32H,11-12,14-15H2,1-4H3/t19-/m0/s1. The molecule has 38 heavy (non-hydrogen) atoms. The van der Waals surface area contributed by atoms with E-state index in [0.717, 1.165) is 58.5 Å². The third kappa shape index (κ3) is 4.01. The first kappa shape index (κ1) is 24.8. The number of rotatable bonds is 4. The number of hydrogen-bond donors (Lipinski definition) is 1. The Hall–Kier alpha value is -3.55. The normalized spacial score (nSPS) is 17.0. The van der Waals surface area contributed by atoms with Gasteiger partial charge in [0, 0.05) is 43.0 Å². The summed E-state index contributed by atoms with van der Waals surface area (Å²) in [5.41, 5.74) is 6.94. The number of para-hydroxylation sites is 1. The number of halogens is 1. The van der Waals surface area contributed by atoms with E-state index in [1.807, 2.05) is 30.5 Å². The fourth-order valence-corrected chi connectivity index (χ4v) is 5.90. The predicted octanol–water partition coefficient (Wildman–Crippen LogP) is 5.26. The minimum absolute atomic E-state index is 0.173. The van der Waals surface area contributed by atoms with Gasteiger partial charge in [0.2, 0.25) is 0 Å². The number of pyridine rings is 1. The molecule has 194 valence electrons. The first-order valence-electron chi connectivity index (χ1n) is 13.2. The summed E-state index contributed by atoms with van der Waals surface area (Å²) in [7, 11) is 0. The predicted molar refractivity (Wildman–Crippen MR) is 155 cm³/mol. The molecule has 2 aromatic carbocycles. The second-order valence-electron chi connectivity index (χ2n) is 10.5. The number of benzene rings is 2. The molecule has 0 bridgehead atoms. The number of nitrogens with zero attached hydrogens (tertiary/aromatic N) is 5.